The van der Waals surface area contributed by atoms with Crippen molar-refractivity contribution in [2.75, 3.05) is 38.9 Å². The van der Waals surface area contributed by atoms with E-state index in [-0.39, 0.29) is 19.8 Å². The number of hydrogen-bond donors (Lipinski definition) is 3. The summed E-state index contributed by atoms with van der Waals surface area (Å²) in [6.45, 7) is 9.61. The van der Waals surface area contributed by atoms with Gasteiger partial charge >= 0.3 is 41.8 Å². The van der Waals surface area contributed by atoms with Gasteiger partial charge in [-0.15, -0.1) is 11.6 Å². The van der Waals surface area contributed by atoms with Crippen LogP contribution in [0.25, 0.3) is 0 Å². The van der Waals surface area contributed by atoms with E-state index in [1.807, 2.05) is 0 Å². The van der Waals surface area contributed by atoms with E-state index in [1.165, 1.54) is 0 Å². The molecule has 552 valence electrons. The molecule has 2 amide bonds. The number of benzene rings is 2. The van der Waals surface area contributed by atoms with Crippen LogP contribution in [0.5, 0.6) is 0 Å². The summed E-state index contributed by atoms with van der Waals surface area (Å²) in [6.07, 6.45) is -30.5. The van der Waals surface area contributed by atoms with E-state index in [9.17, 15) is 48.3 Å². The zero-order valence-corrected chi connectivity index (χ0v) is 59.2. The van der Waals surface area contributed by atoms with Gasteiger partial charge in [0.1, 0.15) is 80.2 Å². The molecule has 3 N–H and O–H groups in total. The fourth-order valence-electron chi connectivity index (χ4n) is 11.5. The molecule has 5 aliphatic rings. The molecule has 0 aliphatic carbocycles. The number of rotatable bonds is 29. The van der Waals surface area contributed by atoms with Crippen molar-refractivity contribution in [2.24, 2.45) is 5.41 Å². The van der Waals surface area contributed by atoms with E-state index in [2.05, 4.69) is 10.6 Å². The van der Waals surface area contributed by atoms with Gasteiger partial charge in [0.2, 0.25) is 5.91 Å². The van der Waals surface area contributed by atoms with Crippen molar-refractivity contribution in [1.29, 1.82) is 0 Å². The summed E-state index contributed by atoms with van der Waals surface area (Å²) in [5, 5.41) is 17.7. The van der Waals surface area contributed by atoms with Crippen molar-refractivity contribution in [2.45, 2.75) is 234 Å². The van der Waals surface area contributed by atoms with Gasteiger partial charge in [-0.3, -0.25) is 43.2 Å². The first-order chi connectivity index (χ1) is 46.8. The Morgan fingerprint density at radius 1 is 0.525 bits per heavy atom. The number of alkyl halides is 4. The number of amides is 2. The number of carbonyl (C=O) groups is 9. The maximum absolute atomic E-state index is 13.9. The van der Waals surface area contributed by atoms with E-state index in [4.69, 9.17) is 132 Å². The molecule has 21 atom stereocenters. The SMILES string of the molecule is CC(=O)N[C@H]1[C@H](OCCCCCCCl)O[C@H](COCc2ccccc2)[C@@H](O[C@@H]2O[C@H](COC(=O)C(C)(C)C)[C@H](OC(C)=O)[C@H](O[C@@H]3O[C@@H]4COC(c5ccccc5)O[C@H]4[C@H](O)[C@H]3NC(=O)C(Cl)(Cl)Cl)[C@H]2OC(C)=O)[C@@H]1O[C@@H]1O[C@H](COC(C)=O)[C@H](OC(C)=O)[C@H](OC(C)=O)[C@H]1OC(C)=O. The topological polar surface area (TPSA) is 364 Å². The Labute approximate surface area is 591 Å². The number of halogens is 4. The molecule has 99 heavy (non-hydrogen) atoms. The molecule has 2 aromatic rings. The Balaban J connectivity index is 1.44. The standard InChI is InChI=1S/C65H86Cl4N2O28/c1-32(72)70-46-52(98-61-55(90-37(6)77)53(89-36(5)76)50(87-34(3)74)43(94-61)29-84-33(2)73)49(41(28-82-27-39-21-15-13-16-22-39)92-58(46)83-26-20-12-11-19-25-66)97-60-56(91-38(7)78)54(51(88-35(4)75)44(95-60)31-86-63(81)64(8,9)10)99-59-45(71-62(80)65(67,68)69)47(79)48-42(93-59)30-85-57(96-48)40-23-17-14-18-24-40/h13-18,21-24,41-61,79H,11-12,19-20,25-31H2,1-10H3,(H,70,72)(H,71,80)/t41-,42-,43-,44-,45-,46-,47-,48-,49-,50+,51+,52-,53+,54+,55-,56-,57?,58-,59+,60+,61+/m1/s1. The molecule has 0 spiro atoms. The van der Waals surface area contributed by atoms with Crippen molar-refractivity contribution in [3.8, 4) is 0 Å². The van der Waals surface area contributed by atoms with Crippen LogP contribution in [0, 0.1) is 5.41 Å². The van der Waals surface area contributed by atoms with Gasteiger partial charge in [-0.05, 0) is 39.2 Å². The molecule has 5 fully saturated rings. The first kappa shape index (κ1) is 80.7. The number of aliphatic hydroxyl groups excluding tert-OH is 1. The molecule has 1 unspecified atom stereocenters. The molecule has 0 bridgehead atoms. The van der Waals surface area contributed by atoms with Gasteiger partial charge in [0.05, 0.1) is 25.2 Å². The van der Waals surface area contributed by atoms with E-state index in [1.54, 1.807) is 81.4 Å². The minimum atomic E-state index is -2.69. The summed E-state index contributed by atoms with van der Waals surface area (Å²) in [6, 6.07) is 14.1. The second kappa shape index (κ2) is 37.5. The maximum atomic E-state index is 13.9. The van der Waals surface area contributed by atoms with Gasteiger partial charge in [-0.2, -0.15) is 0 Å². The normalized spacial score (nSPS) is 31.6. The molecule has 7 rings (SSSR count). The van der Waals surface area contributed by atoms with Crippen LogP contribution in [0.15, 0.2) is 60.7 Å². The number of esters is 7. The molecule has 34 heteroatoms. The summed E-state index contributed by atoms with van der Waals surface area (Å²) < 4.78 is 111. The summed E-state index contributed by atoms with van der Waals surface area (Å²) >= 11 is 24.4. The van der Waals surface area contributed by atoms with E-state index < -0.39 is 212 Å². The van der Waals surface area contributed by atoms with Crippen LogP contribution in [0.2, 0.25) is 0 Å². The van der Waals surface area contributed by atoms with Gasteiger partial charge < -0.3 is 101 Å². The van der Waals surface area contributed by atoms with Gasteiger partial charge in [-0.25, -0.2) is 0 Å². The van der Waals surface area contributed by atoms with Gasteiger partial charge in [0.25, 0.3) is 9.70 Å². The van der Waals surface area contributed by atoms with Crippen molar-refractivity contribution in [3.05, 3.63) is 71.8 Å². The lowest BCUT2D eigenvalue weighted by Crippen LogP contribution is -2.72. The first-order valence-electron chi connectivity index (χ1n) is 32.0. The zero-order valence-electron chi connectivity index (χ0n) is 56.2. The Kier molecular flexibility index (Phi) is 30.6. The largest absolute Gasteiger partial charge is 0.463 e. The monoisotopic (exact) mass is 1480 g/mol. The number of carbonyl (C=O) groups excluding carboxylic acids is 9. The van der Waals surface area contributed by atoms with Crippen LogP contribution in [0.1, 0.15) is 112 Å². The third kappa shape index (κ3) is 23.4. The quantitative estimate of drug-likeness (QED) is 0.0429. The van der Waals surface area contributed by atoms with Crippen LogP contribution in [-0.2, 0) is 135 Å². The highest BCUT2D eigenvalue weighted by Crippen LogP contribution is 2.41. The fourth-order valence-corrected chi connectivity index (χ4v) is 11.8. The van der Waals surface area contributed by atoms with Crippen molar-refractivity contribution in [1.82, 2.24) is 10.6 Å². The zero-order chi connectivity index (χ0) is 72.5. The van der Waals surface area contributed by atoms with E-state index >= 15 is 0 Å². The van der Waals surface area contributed by atoms with E-state index in [0.29, 0.717) is 36.3 Å². The Bertz CT molecular complexity index is 3020. The predicted molar refractivity (Wildman–Crippen MR) is 341 cm³/mol. The number of nitrogens with one attached hydrogen (secondary N) is 2. The molecule has 0 radical (unpaired) electrons. The second-order valence-corrected chi connectivity index (χ2v) is 27.5. The predicted octanol–water partition coefficient (Wildman–Crippen LogP) is 4.72. The Hall–Kier alpha value is -5.65. The van der Waals surface area contributed by atoms with Crippen LogP contribution < -0.4 is 10.6 Å². The van der Waals surface area contributed by atoms with Crippen molar-refractivity contribution < 1.29 is 134 Å². The third-order valence-corrected chi connectivity index (χ3v) is 16.5. The van der Waals surface area contributed by atoms with Crippen LogP contribution in [0.3, 0.4) is 0 Å². The Morgan fingerprint density at radius 2 is 1.03 bits per heavy atom. The molecule has 30 nitrogen and oxygen atoms in total. The molecule has 0 aromatic heterocycles. The average molecular weight is 1490 g/mol. The average Bonchev–Trinajstić information content (AvgIpc) is 0.760. The fraction of sp³-hybridized carbons (Fsp3) is 0.677. The van der Waals surface area contributed by atoms with Crippen LogP contribution in [-0.4, -0.2) is 224 Å². The first-order valence-corrected chi connectivity index (χ1v) is 33.7. The lowest BCUT2D eigenvalue weighted by atomic mass is 9.93. The lowest BCUT2D eigenvalue weighted by molar-refractivity contribution is -0.390. The highest BCUT2D eigenvalue weighted by atomic mass is 35.6. The number of hydrogen-bond acceptors (Lipinski definition) is 28. The highest BCUT2D eigenvalue weighted by Gasteiger charge is 2.61. The van der Waals surface area contributed by atoms with Crippen molar-refractivity contribution in [3.63, 3.8) is 0 Å². The smallest absolute Gasteiger partial charge is 0.311 e. The summed E-state index contributed by atoms with van der Waals surface area (Å²) in [4.78, 5) is 121. The molecular weight excluding hydrogens is 1400 g/mol. The summed E-state index contributed by atoms with van der Waals surface area (Å²) in [7, 11) is 0. The molecular formula is C65H86Cl4N2O28. The van der Waals surface area contributed by atoms with Crippen LogP contribution in [0.4, 0.5) is 0 Å². The van der Waals surface area contributed by atoms with Gasteiger partial charge in [0.15, 0.2) is 62.0 Å². The number of unbranched alkanes of at least 4 members (excludes halogenated alkanes) is 3. The molecule has 0 saturated carbocycles. The molecule has 5 aliphatic heterocycles. The van der Waals surface area contributed by atoms with Gasteiger partial charge in [-0.1, -0.05) is 108 Å². The molecule has 5 heterocycles. The summed E-state index contributed by atoms with van der Waals surface area (Å²) in [5.41, 5.74) is 0.0482. The number of ether oxygens (including phenoxy) is 18. The van der Waals surface area contributed by atoms with Crippen molar-refractivity contribution >= 4 is 100 Å². The van der Waals surface area contributed by atoms with E-state index in [0.717, 1.165) is 54.9 Å². The highest BCUT2D eigenvalue weighted by molar-refractivity contribution is 6.76. The minimum Gasteiger partial charge on any atom is -0.463 e. The maximum Gasteiger partial charge on any atom is 0.311 e. The number of aliphatic hydroxyl groups is 1. The second-order valence-electron chi connectivity index (χ2n) is 24.9. The molecule has 5 saturated heterocycles. The molecule has 2 aromatic carbocycles. The summed E-state index contributed by atoms with van der Waals surface area (Å²) in [5.74, 6) is -8.26. The number of fused-ring (bicyclic) bond motifs is 1. The van der Waals surface area contributed by atoms with Crippen LogP contribution >= 0.6 is 46.4 Å². The third-order valence-electron chi connectivity index (χ3n) is 15.7. The van der Waals surface area contributed by atoms with Gasteiger partial charge in [0, 0.05) is 66.5 Å². The Morgan fingerprint density at radius 3 is 1.59 bits per heavy atom. The lowest BCUT2D eigenvalue weighted by Gasteiger charge is -2.52. The minimum absolute atomic E-state index is 0.0157.